The van der Waals surface area contributed by atoms with Gasteiger partial charge in [-0.1, -0.05) is 74.5 Å². The zero-order valence-corrected chi connectivity index (χ0v) is 12.3. The van der Waals surface area contributed by atoms with Crippen molar-refractivity contribution in [3.05, 3.63) is 71.8 Å². The Morgan fingerprint density at radius 1 is 0.800 bits per heavy atom. The maximum absolute atomic E-state index is 6.72. The second-order valence-corrected chi connectivity index (χ2v) is 5.58. The van der Waals surface area contributed by atoms with Crippen LogP contribution < -0.4 is 11.5 Å². The highest BCUT2D eigenvalue weighted by Gasteiger charge is 2.37. The predicted molar refractivity (Wildman–Crippen MR) is 85.7 cm³/mol. The molecule has 20 heavy (non-hydrogen) atoms. The Morgan fingerprint density at radius 2 is 1.15 bits per heavy atom. The van der Waals surface area contributed by atoms with E-state index in [0.29, 0.717) is 6.54 Å². The van der Waals surface area contributed by atoms with Gasteiger partial charge < -0.3 is 11.5 Å². The molecule has 2 aromatic rings. The molecule has 0 aliphatic rings. The Balaban J connectivity index is 2.33. The van der Waals surface area contributed by atoms with E-state index in [1.165, 1.54) is 11.1 Å². The summed E-state index contributed by atoms with van der Waals surface area (Å²) in [7, 11) is 0. The number of nitrogens with two attached hydrogens (primary N) is 2. The normalized spacial score (nSPS) is 17.2. The van der Waals surface area contributed by atoms with Crippen LogP contribution in [-0.2, 0) is 0 Å². The van der Waals surface area contributed by atoms with E-state index in [1.54, 1.807) is 0 Å². The Bertz CT molecular complexity index is 476. The summed E-state index contributed by atoms with van der Waals surface area (Å²) in [6, 6.07) is 20.8. The fraction of sp³-hybridized carbons (Fsp3) is 0.333. The first kappa shape index (κ1) is 14.8. The van der Waals surface area contributed by atoms with Crippen molar-refractivity contribution in [2.75, 3.05) is 6.54 Å². The summed E-state index contributed by atoms with van der Waals surface area (Å²) in [5, 5.41) is 0. The topological polar surface area (TPSA) is 52.0 Å². The molecule has 106 valence electrons. The molecule has 0 aliphatic heterocycles. The molecule has 0 aromatic heterocycles. The molecule has 0 radical (unpaired) electrons. The highest BCUT2D eigenvalue weighted by molar-refractivity contribution is 5.30. The zero-order chi connectivity index (χ0) is 14.6. The molecule has 0 saturated heterocycles. The van der Waals surface area contributed by atoms with Gasteiger partial charge in [-0.15, -0.1) is 0 Å². The van der Waals surface area contributed by atoms with Crippen LogP contribution in [-0.4, -0.2) is 12.1 Å². The fourth-order valence-corrected chi connectivity index (χ4v) is 2.83. The van der Waals surface area contributed by atoms with Gasteiger partial charge in [-0.05, 0) is 11.1 Å². The third kappa shape index (κ3) is 2.77. The molecule has 0 fully saturated rings. The minimum Gasteiger partial charge on any atom is -0.329 e. The van der Waals surface area contributed by atoms with Gasteiger partial charge in [0.15, 0.2) is 0 Å². The molecule has 0 spiro atoms. The first-order valence-electron chi connectivity index (χ1n) is 7.18. The third-order valence-electron chi connectivity index (χ3n) is 4.57. The fourth-order valence-electron chi connectivity index (χ4n) is 2.83. The Kier molecular flexibility index (Phi) is 4.58. The van der Waals surface area contributed by atoms with Crippen molar-refractivity contribution in [2.24, 2.45) is 11.5 Å². The molecule has 0 amide bonds. The molecule has 2 atom stereocenters. The van der Waals surface area contributed by atoms with Crippen molar-refractivity contribution >= 4 is 0 Å². The molecular weight excluding hydrogens is 244 g/mol. The van der Waals surface area contributed by atoms with Crippen molar-refractivity contribution in [3.8, 4) is 0 Å². The van der Waals surface area contributed by atoms with E-state index in [2.05, 4.69) is 62.4 Å². The first-order valence-corrected chi connectivity index (χ1v) is 7.18. The quantitative estimate of drug-likeness (QED) is 0.874. The first-order chi connectivity index (χ1) is 9.59. The average Bonchev–Trinajstić information content (AvgIpc) is 2.54. The van der Waals surface area contributed by atoms with Crippen LogP contribution in [0.1, 0.15) is 36.8 Å². The van der Waals surface area contributed by atoms with Gasteiger partial charge in [0.2, 0.25) is 0 Å². The molecule has 2 rings (SSSR count). The maximum atomic E-state index is 6.72. The Labute approximate surface area is 121 Å². The van der Waals surface area contributed by atoms with E-state index >= 15 is 0 Å². The molecule has 0 aliphatic carbocycles. The standard InChI is InChI=1S/C18H24N2/c1-14(16-9-5-3-6-10-16)18(20,13-19)15(2)17-11-7-4-8-12-17/h3-12,14-15H,13,19-20H2,1-2H3. The van der Waals surface area contributed by atoms with E-state index < -0.39 is 5.54 Å². The number of rotatable bonds is 5. The summed E-state index contributed by atoms with van der Waals surface area (Å²) in [5.41, 5.74) is 14.8. The summed E-state index contributed by atoms with van der Waals surface area (Å²) >= 11 is 0. The van der Waals surface area contributed by atoms with Gasteiger partial charge in [0, 0.05) is 23.9 Å². The summed E-state index contributed by atoms with van der Waals surface area (Å²) in [5.74, 6) is 0.396. The number of benzene rings is 2. The lowest BCUT2D eigenvalue weighted by molar-refractivity contribution is 0.315. The van der Waals surface area contributed by atoms with Gasteiger partial charge in [-0.2, -0.15) is 0 Å². The van der Waals surface area contributed by atoms with Crippen LogP contribution in [0.2, 0.25) is 0 Å². The van der Waals surface area contributed by atoms with Crippen molar-refractivity contribution in [3.63, 3.8) is 0 Å². The van der Waals surface area contributed by atoms with Gasteiger partial charge in [0.1, 0.15) is 0 Å². The van der Waals surface area contributed by atoms with E-state index in [-0.39, 0.29) is 11.8 Å². The highest BCUT2D eigenvalue weighted by atomic mass is 14.8. The zero-order valence-electron chi connectivity index (χ0n) is 12.3. The van der Waals surface area contributed by atoms with Crippen LogP contribution in [0, 0.1) is 0 Å². The van der Waals surface area contributed by atoms with Gasteiger partial charge in [-0.25, -0.2) is 0 Å². The molecular formula is C18H24N2. The lowest BCUT2D eigenvalue weighted by Crippen LogP contribution is -2.55. The average molecular weight is 268 g/mol. The summed E-state index contributed by atoms with van der Waals surface area (Å²) < 4.78 is 0. The van der Waals surface area contributed by atoms with Crippen molar-refractivity contribution in [1.29, 1.82) is 0 Å². The van der Waals surface area contributed by atoms with Crippen LogP contribution in [0.15, 0.2) is 60.7 Å². The second kappa shape index (κ2) is 6.21. The Morgan fingerprint density at radius 3 is 1.45 bits per heavy atom. The molecule has 2 nitrogen and oxygen atoms in total. The van der Waals surface area contributed by atoms with Crippen molar-refractivity contribution < 1.29 is 0 Å². The SMILES string of the molecule is CC(c1ccccc1)C(N)(CN)C(C)c1ccccc1. The molecule has 4 N–H and O–H groups in total. The van der Waals surface area contributed by atoms with E-state index in [4.69, 9.17) is 11.5 Å². The van der Waals surface area contributed by atoms with Gasteiger partial charge in [0.25, 0.3) is 0 Å². The Hall–Kier alpha value is -1.64. The third-order valence-corrected chi connectivity index (χ3v) is 4.57. The van der Waals surface area contributed by atoms with Crippen LogP contribution >= 0.6 is 0 Å². The second-order valence-electron chi connectivity index (χ2n) is 5.58. The summed E-state index contributed by atoms with van der Waals surface area (Å²) in [4.78, 5) is 0. The van der Waals surface area contributed by atoms with Crippen LogP contribution in [0.25, 0.3) is 0 Å². The van der Waals surface area contributed by atoms with Crippen LogP contribution in [0.4, 0.5) is 0 Å². The largest absolute Gasteiger partial charge is 0.329 e. The molecule has 0 heterocycles. The van der Waals surface area contributed by atoms with Crippen LogP contribution in [0.3, 0.4) is 0 Å². The summed E-state index contributed by atoms with van der Waals surface area (Å²) in [6.07, 6.45) is 0. The number of hydrogen-bond acceptors (Lipinski definition) is 2. The van der Waals surface area contributed by atoms with E-state index in [0.717, 1.165) is 0 Å². The molecule has 2 heteroatoms. The smallest absolute Gasteiger partial charge is 0.0412 e. The van der Waals surface area contributed by atoms with Crippen molar-refractivity contribution in [1.82, 2.24) is 0 Å². The molecule has 0 bridgehead atoms. The highest BCUT2D eigenvalue weighted by Crippen LogP contribution is 2.36. The van der Waals surface area contributed by atoms with E-state index in [1.807, 2.05) is 12.1 Å². The summed E-state index contributed by atoms with van der Waals surface area (Å²) in [6.45, 7) is 4.79. The predicted octanol–water partition coefficient (Wildman–Crippen LogP) is 3.25. The molecule has 0 saturated carbocycles. The van der Waals surface area contributed by atoms with Gasteiger partial charge >= 0.3 is 0 Å². The minimum atomic E-state index is -0.456. The van der Waals surface area contributed by atoms with Gasteiger partial charge in [0.05, 0.1) is 0 Å². The van der Waals surface area contributed by atoms with E-state index in [9.17, 15) is 0 Å². The monoisotopic (exact) mass is 268 g/mol. The number of hydrogen-bond donors (Lipinski definition) is 2. The maximum Gasteiger partial charge on any atom is 0.0412 e. The molecule has 2 unspecified atom stereocenters. The van der Waals surface area contributed by atoms with Crippen molar-refractivity contribution in [2.45, 2.75) is 31.2 Å². The van der Waals surface area contributed by atoms with Crippen LogP contribution in [0.5, 0.6) is 0 Å². The lowest BCUT2D eigenvalue weighted by atomic mass is 9.70. The minimum absolute atomic E-state index is 0.198. The van der Waals surface area contributed by atoms with Gasteiger partial charge in [-0.3, -0.25) is 0 Å². The lowest BCUT2D eigenvalue weighted by Gasteiger charge is -2.40. The molecule has 2 aromatic carbocycles.